The van der Waals surface area contributed by atoms with Crippen LogP contribution < -0.4 is 0 Å². The number of carboxylic acid groups (broad SMARTS) is 1. The first-order valence-electron chi connectivity index (χ1n) is 8.26. The fourth-order valence-electron chi connectivity index (χ4n) is 2.88. The molecule has 0 aromatic carbocycles. The number of aryl methyl sites for hydroxylation is 1. The summed E-state index contributed by atoms with van der Waals surface area (Å²) in [6, 6.07) is 0. The number of rotatable bonds is 3. The predicted molar refractivity (Wildman–Crippen MR) is 95.3 cm³/mol. The van der Waals surface area contributed by atoms with Gasteiger partial charge in [0.25, 0.3) is 0 Å². The largest absolute Gasteiger partial charge is 0.478 e. The molecular formula is C17H25N3O4S. The normalized spacial score (nSPS) is 16.0. The Kier molecular flexibility index (Phi) is 5.92. The van der Waals surface area contributed by atoms with Gasteiger partial charge in [-0.15, -0.1) is 0 Å². The summed E-state index contributed by atoms with van der Waals surface area (Å²) in [6.07, 6.45) is 2.85. The van der Waals surface area contributed by atoms with Gasteiger partial charge in [-0.05, 0) is 46.8 Å². The van der Waals surface area contributed by atoms with E-state index in [1.54, 1.807) is 11.8 Å². The molecule has 2 heterocycles. The van der Waals surface area contributed by atoms with E-state index in [-0.39, 0.29) is 17.6 Å². The van der Waals surface area contributed by atoms with Crippen LogP contribution in [0.5, 0.6) is 0 Å². The highest BCUT2D eigenvalue weighted by Gasteiger charge is 2.31. The fraction of sp³-hybridized carbons (Fsp3) is 0.647. The molecule has 0 spiro atoms. The number of amides is 1. The molecule has 1 aromatic heterocycles. The molecule has 7 nitrogen and oxygen atoms in total. The van der Waals surface area contributed by atoms with Gasteiger partial charge in [0.1, 0.15) is 11.2 Å². The Bertz CT molecular complexity index is 665. The lowest BCUT2D eigenvalue weighted by atomic mass is 9.90. The van der Waals surface area contributed by atoms with Crippen molar-refractivity contribution in [2.24, 2.45) is 0 Å². The number of ether oxygens (including phenoxy) is 1. The molecule has 0 atom stereocenters. The van der Waals surface area contributed by atoms with Crippen LogP contribution in [0, 0.1) is 6.92 Å². The minimum absolute atomic E-state index is 0.00242. The predicted octanol–water partition coefficient (Wildman–Crippen LogP) is 3.32. The van der Waals surface area contributed by atoms with Crippen molar-refractivity contribution in [3.05, 3.63) is 17.0 Å². The van der Waals surface area contributed by atoms with Crippen LogP contribution in [0.3, 0.4) is 0 Å². The molecule has 0 saturated carbocycles. The summed E-state index contributed by atoms with van der Waals surface area (Å²) in [5.41, 5.74) is 0.722. The fourth-order valence-corrected chi connectivity index (χ4v) is 3.30. The van der Waals surface area contributed by atoms with Crippen LogP contribution in [0.2, 0.25) is 0 Å². The third kappa shape index (κ3) is 4.84. The first kappa shape index (κ1) is 19.5. The topological polar surface area (TPSA) is 92.6 Å². The summed E-state index contributed by atoms with van der Waals surface area (Å²) < 4.78 is 5.40. The number of aromatic carboxylic acids is 1. The molecule has 2 rings (SSSR count). The molecule has 0 bridgehead atoms. The summed E-state index contributed by atoms with van der Waals surface area (Å²) in [5.74, 6) is -1.01. The van der Waals surface area contributed by atoms with Crippen LogP contribution >= 0.6 is 11.8 Å². The minimum atomic E-state index is -1.00. The van der Waals surface area contributed by atoms with E-state index >= 15 is 0 Å². The number of carbonyl (C=O) groups is 2. The molecule has 1 saturated heterocycles. The second-order valence-corrected chi connectivity index (χ2v) is 7.88. The van der Waals surface area contributed by atoms with Crippen molar-refractivity contribution in [2.45, 2.75) is 57.2 Å². The molecule has 8 heteroatoms. The molecule has 0 radical (unpaired) electrons. The molecule has 1 fully saturated rings. The van der Waals surface area contributed by atoms with Crippen molar-refractivity contribution >= 4 is 23.8 Å². The molecule has 1 aliphatic rings. The third-order valence-corrected chi connectivity index (χ3v) is 4.57. The first-order chi connectivity index (χ1) is 11.6. The Morgan fingerprint density at radius 2 is 1.84 bits per heavy atom. The zero-order valence-corrected chi connectivity index (χ0v) is 16.1. The number of nitrogens with zero attached hydrogens (tertiary/aromatic N) is 3. The second kappa shape index (κ2) is 7.59. The van der Waals surface area contributed by atoms with Crippen LogP contribution in [-0.4, -0.2) is 57.0 Å². The maximum Gasteiger partial charge on any atom is 0.410 e. The van der Waals surface area contributed by atoms with Crippen molar-refractivity contribution in [3.63, 3.8) is 0 Å². The Morgan fingerprint density at radius 3 is 2.32 bits per heavy atom. The molecule has 1 aromatic rings. The summed E-state index contributed by atoms with van der Waals surface area (Å²) >= 11 is 1.39. The van der Waals surface area contributed by atoms with Crippen molar-refractivity contribution < 1.29 is 19.4 Å². The van der Waals surface area contributed by atoms with Gasteiger partial charge in [-0.3, -0.25) is 0 Å². The van der Waals surface area contributed by atoms with Crippen molar-refractivity contribution in [2.75, 3.05) is 19.3 Å². The molecule has 138 valence electrons. The number of hydrogen-bond acceptors (Lipinski definition) is 6. The monoisotopic (exact) mass is 367 g/mol. The average Bonchev–Trinajstić information content (AvgIpc) is 2.52. The van der Waals surface area contributed by atoms with Gasteiger partial charge in [0.2, 0.25) is 0 Å². The summed E-state index contributed by atoms with van der Waals surface area (Å²) in [5, 5.41) is 10.1. The van der Waals surface area contributed by atoms with Gasteiger partial charge < -0.3 is 14.7 Å². The van der Waals surface area contributed by atoms with Crippen molar-refractivity contribution in [3.8, 4) is 0 Å². The van der Waals surface area contributed by atoms with E-state index in [1.807, 2.05) is 27.0 Å². The van der Waals surface area contributed by atoms with Gasteiger partial charge in [-0.1, -0.05) is 11.8 Å². The number of carboxylic acids is 1. The highest BCUT2D eigenvalue weighted by molar-refractivity contribution is 7.98. The maximum absolute atomic E-state index is 12.2. The summed E-state index contributed by atoms with van der Waals surface area (Å²) in [4.78, 5) is 34.2. The number of carbonyl (C=O) groups excluding carboxylic acids is 1. The number of piperidine rings is 1. The Morgan fingerprint density at radius 1 is 1.24 bits per heavy atom. The van der Waals surface area contributed by atoms with Crippen molar-refractivity contribution in [1.82, 2.24) is 14.9 Å². The maximum atomic E-state index is 12.2. The third-order valence-electron chi connectivity index (χ3n) is 4.03. The van der Waals surface area contributed by atoms with E-state index in [0.29, 0.717) is 42.5 Å². The molecule has 1 aliphatic heterocycles. The number of hydrogen-bond donors (Lipinski definition) is 1. The Balaban J connectivity index is 2.16. The van der Waals surface area contributed by atoms with Gasteiger partial charge >= 0.3 is 12.1 Å². The smallest absolute Gasteiger partial charge is 0.410 e. The lowest BCUT2D eigenvalue weighted by Gasteiger charge is -2.33. The lowest BCUT2D eigenvalue weighted by Crippen LogP contribution is -2.41. The number of likely N-dealkylation sites (tertiary alicyclic amines) is 1. The molecule has 0 unspecified atom stereocenters. The van der Waals surface area contributed by atoms with E-state index in [2.05, 4.69) is 9.97 Å². The zero-order valence-electron chi connectivity index (χ0n) is 15.3. The molecule has 1 N–H and O–H groups in total. The van der Waals surface area contributed by atoms with E-state index in [4.69, 9.17) is 4.74 Å². The standard InChI is InChI=1S/C17H25N3O4S/c1-10-12(14(21)22)13(19-15(18-10)25-5)11-6-8-20(9-7-11)16(23)24-17(2,3)4/h11H,6-9H2,1-5H3,(H,21,22). The number of thioether (sulfide) groups is 1. The summed E-state index contributed by atoms with van der Waals surface area (Å²) in [7, 11) is 0. The van der Waals surface area contributed by atoms with Gasteiger partial charge in [0, 0.05) is 19.0 Å². The van der Waals surface area contributed by atoms with Crippen LogP contribution in [-0.2, 0) is 4.74 Å². The van der Waals surface area contributed by atoms with Crippen LogP contribution in [0.4, 0.5) is 4.79 Å². The summed E-state index contributed by atoms with van der Waals surface area (Å²) in [6.45, 7) is 8.26. The van der Waals surface area contributed by atoms with Gasteiger partial charge in [-0.25, -0.2) is 19.6 Å². The minimum Gasteiger partial charge on any atom is -0.478 e. The number of aromatic nitrogens is 2. The average molecular weight is 367 g/mol. The van der Waals surface area contributed by atoms with Crippen LogP contribution in [0.1, 0.15) is 61.3 Å². The lowest BCUT2D eigenvalue weighted by molar-refractivity contribution is 0.0202. The second-order valence-electron chi connectivity index (χ2n) is 7.10. The van der Waals surface area contributed by atoms with Crippen molar-refractivity contribution in [1.29, 1.82) is 0 Å². The Hall–Kier alpha value is -1.83. The van der Waals surface area contributed by atoms with E-state index < -0.39 is 11.6 Å². The quantitative estimate of drug-likeness (QED) is 0.647. The van der Waals surface area contributed by atoms with Crippen LogP contribution in [0.15, 0.2) is 5.16 Å². The van der Waals surface area contributed by atoms with Crippen LogP contribution in [0.25, 0.3) is 0 Å². The van der Waals surface area contributed by atoms with Gasteiger partial charge in [-0.2, -0.15) is 0 Å². The van der Waals surface area contributed by atoms with E-state index in [0.717, 1.165) is 0 Å². The highest BCUT2D eigenvalue weighted by Crippen LogP contribution is 2.31. The highest BCUT2D eigenvalue weighted by atomic mass is 32.2. The van der Waals surface area contributed by atoms with Gasteiger partial charge in [0.15, 0.2) is 5.16 Å². The van der Waals surface area contributed by atoms with E-state index in [1.165, 1.54) is 11.8 Å². The Labute approximate surface area is 152 Å². The SMILES string of the molecule is CSc1nc(C)c(C(=O)O)c(C2CCN(C(=O)OC(C)(C)C)CC2)n1. The van der Waals surface area contributed by atoms with Gasteiger partial charge in [0.05, 0.1) is 11.4 Å². The molecule has 25 heavy (non-hydrogen) atoms. The first-order valence-corrected chi connectivity index (χ1v) is 9.48. The van der Waals surface area contributed by atoms with E-state index in [9.17, 15) is 14.7 Å². The molecule has 1 amide bonds. The zero-order chi connectivity index (χ0) is 18.8. The molecular weight excluding hydrogens is 342 g/mol. The molecule has 0 aliphatic carbocycles.